The second-order valence-corrected chi connectivity index (χ2v) is 11.9. The van der Waals surface area contributed by atoms with E-state index < -0.39 is 52.3 Å². The zero-order valence-corrected chi connectivity index (χ0v) is 22.4. The van der Waals surface area contributed by atoms with Crippen molar-refractivity contribution in [2.75, 3.05) is 13.1 Å². The Morgan fingerprint density at radius 2 is 1.71 bits per heavy atom. The van der Waals surface area contributed by atoms with E-state index in [-0.39, 0.29) is 42.5 Å². The predicted molar refractivity (Wildman–Crippen MR) is 139 cm³/mol. The Kier molecular flexibility index (Phi) is 6.73. The van der Waals surface area contributed by atoms with Gasteiger partial charge in [0.2, 0.25) is 11.8 Å². The maximum absolute atomic E-state index is 16.3. The van der Waals surface area contributed by atoms with Crippen LogP contribution in [0.2, 0.25) is 0 Å². The summed E-state index contributed by atoms with van der Waals surface area (Å²) in [5.41, 5.74) is -1.69. The monoisotopic (exact) mass is 573 g/mol. The number of fused-ring (bicyclic) bond motifs is 1. The van der Waals surface area contributed by atoms with Crippen LogP contribution in [-0.4, -0.2) is 51.8 Å². The van der Waals surface area contributed by atoms with Gasteiger partial charge in [0.1, 0.15) is 17.5 Å². The predicted octanol–water partition coefficient (Wildman–Crippen LogP) is 4.26. The van der Waals surface area contributed by atoms with Crippen LogP contribution in [0, 0.1) is 11.2 Å². The van der Waals surface area contributed by atoms with Crippen LogP contribution in [0.15, 0.2) is 36.4 Å². The van der Waals surface area contributed by atoms with Crippen LogP contribution in [-0.2, 0) is 34.5 Å². The normalized spacial score (nSPS) is 26.5. The number of hydrogen-bond donors (Lipinski definition) is 2. The van der Waals surface area contributed by atoms with E-state index in [1.807, 2.05) is 0 Å². The third-order valence-corrected chi connectivity index (χ3v) is 9.54. The summed E-state index contributed by atoms with van der Waals surface area (Å²) in [6.07, 6.45) is -0.840. The largest absolute Gasteiger partial charge is 0.416 e. The van der Waals surface area contributed by atoms with Gasteiger partial charge in [0, 0.05) is 48.2 Å². The minimum absolute atomic E-state index is 0.0928. The van der Waals surface area contributed by atoms with Crippen LogP contribution in [0.1, 0.15) is 77.6 Å². The van der Waals surface area contributed by atoms with E-state index in [2.05, 4.69) is 10.2 Å². The molecule has 11 heteroatoms. The fraction of sp³-hybridized carbons (Fsp3) is 0.500. The van der Waals surface area contributed by atoms with E-state index >= 15 is 4.39 Å². The van der Waals surface area contributed by atoms with Crippen LogP contribution in [0.25, 0.3) is 0 Å². The fourth-order valence-corrected chi connectivity index (χ4v) is 7.38. The molecule has 0 radical (unpaired) electrons. The third kappa shape index (κ3) is 4.63. The number of carbonyl (C=O) groups excluding carboxylic acids is 3. The number of nitrogens with zero attached hydrogens (tertiary/aromatic N) is 2. The molecule has 7 nitrogen and oxygen atoms in total. The van der Waals surface area contributed by atoms with Crippen molar-refractivity contribution < 1.29 is 37.1 Å². The molecule has 2 atom stereocenters. The first kappa shape index (κ1) is 27.8. The summed E-state index contributed by atoms with van der Waals surface area (Å²) in [4.78, 5) is 40.5. The lowest BCUT2D eigenvalue weighted by Gasteiger charge is -2.53. The van der Waals surface area contributed by atoms with Crippen molar-refractivity contribution in [3.05, 3.63) is 70.0 Å². The number of hydrogen-bond acceptors (Lipinski definition) is 5. The molecule has 0 bridgehead atoms. The fourth-order valence-electron chi connectivity index (χ4n) is 7.38. The van der Waals surface area contributed by atoms with Gasteiger partial charge in [0.25, 0.3) is 5.91 Å². The maximum atomic E-state index is 16.3. The molecule has 0 aromatic heterocycles. The van der Waals surface area contributed by atoms with Gasteiger partial charge in [-0.1, -0.05) is 31.0 Å². The molecular formula is C30H31F4N3O4. The number of amides is 3. The van der Waals surface area contributed by atoms with Crippen LogP contribution >= 0.6 is 0 Å². The van der Waals surface area contributed by atoms with Gasteiger partial charge in [-0.3, -0.25) is 24.6 Å². The van der Waals surface area contributed by atoms with E-state index in [1.165, 1.54) is 29.2 Å². The number of aliphatic hydroxyl groups is 1. The molecule has 4 aliphatic rings. The number of imide groups is 1. The maximum Gasteiger partial charge on any atom is 0.416 e. The Hall–Kier alpha value is -3.31. The van der Waals surface area contributed by atoms with Gasteiger partial charge in [0.05, 0.1) is 12.1 Å². The average molecular weight is 574 g/mol. The van der Waals surface area contributed by atoms with Crippen molar-refractivity contribution in [2.45, 2.75) is 75.9 Å². The summed E-state index contributed by atoms with van der Waals surface area (Å²) in [6, 6.07) is 7.23. The van der Waals surface area contributed by atoms with Gasteiger partial charge in [-0.2, -0.15) is 13.2 Å². The number of alkyl halides is 3. The molecule has 3 fully saturated rings. The molecule has 1 aliphatic carbocycles. The number of likely N-dealkylation sites (tertiary alicyclic amines) is 1. The molecule has 3 amide bonds. The molecule has 2 aromatic carbocycles. The highest BCUT2D eigenvalue weighted by Gasteiger charge is 2.57. The molecule has 1 saturated carbocycles. The third-order valence-electron chi connectivity index (χ3n) is 9.54. The molecule has 1 spiro atoms. The highest BCUT2D eigenvalue weighted by Crippen LogP contribution is 2.56. The summed E-state index contributed by atoms with van der Waals surface area (Å²) in [5, 5.41) is 14.5. The van der Waals surface area contributed by atoms with Crippen molar-refractivity contribution in [3.8, 4) is 0 Å². The Labute approximate surface area is 234 Å². The second-order valence-electron chi connectivity index (χ2n) is 11.9. The Morgan fingerprint density at radius 1 is 1.00 bits per heavy atom. The van der Waals surface area contributed by atoms with Crippen molar-refractivity contribution in [3.63, 3.8) is 0 Å². The number of benzene rings is 2. The van der Waals surface area contributed by atoms with Crippen LogP contribution in [0.5, 0.6) is 0 Å². The van der Waals surface area contributed by atoms with Gasteiger partial charge in [-0.05, 0) is 49.4 Å². The average Bonchev–Trinajstić information content (AvgIpc) is 3.52. The minimum atomic E-state index is -4.41. The van der Waals surface area contributed by atoms with Crippen molar-refractivity contribution in [1.82, 2.24) is 15.1 Å². The Bertz CT molecular complexity index is 1400. The first-order valence-corrected chi connectivity index (χ1v) is 14.0. The molecule has 2 unspecified atom stereocenters. The zero-order valence-electron chi connectivity index (χ0n) is 22.4. The van der Waals surface area contributed by atoms with E-state index in [1.54, 1.807) is 0 Å². The molecular weight excluding hydrogens is 542 g/mol. The minimum Gasteiger partial charge on any atom is -0.384 e. The van der Waals surface area contributed by atoms with Gasteiger partial charge >= 0.3 is 6.18 Å². The summed E-state index contributed by atoms with van der Waals surface area (Å²) in [6.45, 7) is 1.17. The lowest BCUT2D eigenvalue weighted by Crippen LogP contribution is -2.57. The van der Waals surface area contributed by atoms with Gasteiger partial charge in [-0.25, -0.2) is 4.39 Å². The Morgan fingerprint density at radius 3 is 2.37 bits per heavy atom. The molecule has 2 saturated heterocycles. The highest BCUT2D eigenvalue weighted by atomic mass is 19.4. The van der Waals surface area contributed by atoms with E-state index in [4.69, 9.17) is 0 Å². The number of rotatable bonds is 4. The van der Waals surface area contributed by atoms with E-state index in [0.717, 1.165) is 30.5 Å². The SMILES string of the molecule is O=C1CCC(N2Cc3c(ccc(C4(O)CCN(Cc5ccc(C(F)(F)F)cc5)CC45CCCC5)c3F)C2=O)C(=O)N1. The van der Waals surface area contributed by atoms with Crippen LogP contribution in [0.4, 0.5) is 17.6 Å². The topological polar surface area (TPSA) is 90.0 Å². The number of piperidine rings is 2. The van der Waals surface area contributed by atoms with Crippen molar-refractivity contribution in [2.24, 2.45) is 5.41 Å². The van der Waals surface area contributed by atoms with Gasteiger partial charge in [-0.15, -0.1) is 0 Å². The first-order chi connectivity index (χ1) is 19.4. The van der Waals surface area contributed by atoms with E-state index in [9.17, 15) is 32.7 Å². The van der Waals surface area contributed by atoms with Crippen molar-refractivity contribution in [1.29, 1.82) is 0 Å². The lowest BCUT2D eigenvalue weighted by molar-refractivity contribution is -0.143. The molecule has 3 heterocycles. The number of nitrogens with one attached hydrogen (secondary N) is 1. The zero-order chi connectivity index (χ0) is 29.2. The smallest absolute Gasteiger partial charge is 0.384 e. The molecule has 6 rings (SSSR count). The van der Waals surface area contributed by atoms with Gasteiger partial charge < -0.3 is 10.0 Å². The molecule has 2 N–H and O–H groups in total. The standard InChI is InChI=1S/C30H31F4N3O4/c31-25-21-16-37(23-9-10-24(38)35-26(23)39)27(40)20(21)7-8-22(25)29(41)13-14-36(17-28(29)11-1-2-12-28)15-18-3-5-19(6-4-18)30(32,33)34/h3-8,23,41H,1-2,9-17H2,(H,35,38,39). The quantitative estimate of drug-likeness (QED) is 0.422. The van der Waals surface area contributed by atoms with Gasteiger partial charge in [0.15, 0.2) is 0 Å². The summed E-state index contributed by atoms with van der Waals surface area (Å²) < 4.78 is 55.3. The van der Waals surface area contributed by atoms with E-state index in [0.29, 0.717) is 32.5 Å². The number of halogens is 4. The highest BCUT2D eigenvalue weighted by molar-refractivity contribution is 6.05. The molecule has 41 heavy (non-hydrogen) atoms. The first-order valence-electron chi connectivity index (χ1n) is 14.0. The second kappa shape index (κ2) is 9.90. The summed E-state index contributed by atoms with van der Waals surface area (Å²) >= 11 is 0. The molecule has 2 aromatic rings. The Balaban J connectivity index is 1.25. The van der Waals surface area contributed by atoms with Crippen LogP contribution in [0.3, 0.4) is 0 Å². The molecule has 218 valence electrons. The summed E-state index contributed by atoms with van der Waals surface area (Å²) in [5.74, 6) is -2.10. The van der Waals surface area contributed by atoms with Crippen LogP contribution < -0.4 is 5.32 Å². The molecule has 3 aliphatic heterocycles. The summed E-state index contributed by atoms with van der Waals surface area (Å²) in [7, 11) is 0. The number of carbonyl (C=O) groups is 3. The van der Waals surface area contributed by atoms with Crippen molar-refractivity contribution >= 4 is 17.7 Å². The lowest BCUT2D eigenvalue weighted by atomic mass is 9.62.